The first kappa shape index (κ1) is 18.1. The molecule has 0 aromatic carbocycles. The molecule has 6 heteroatoms. The molecule has 1 N–H and O–H groups in total. The van der Waals surface area contributed by atoms with Crippen molar-refractivity contribution in [2.75, 3.05) is 7.11 Å². The second-order valence-electron chi connectivity index (χ2n) is 5.27. The van der Waals surface area contributed by atoms with Crippen LogP contribution in [-0.2, 0) is 19.1 Å². The van der Waals surface area contributed by atoms with E-state index in [1.807, 2.05) is 0 Å². The lowest BCUT2D eigenvalue weighted by atomic mass is 10.0. The van der Waals surface area contributed by atoms with Crippen LogP contribution in [0.3, 0.4) is 0 Å². The number of esters is 1. The number of alkyl carbamates (subject to hydrolysis) is 1. The molecule has 0 aromatic heterocycles. The first-order chi connectivity index (χ1) is 9.19. The predicted octanol–water partition coefficient (Wildman–Crippen LogP) is 1.98. The van der Waals surface area contributed by atoms with Gasteiger partial charge in [0.1, 0.15) is 5.60 Å². The normalized spacial score (nSPS) is 12.2. The molecule has 20 heavy (non-hydrogen) atoms. The van der Waals surface area contributed by atoms with Crippen molar-refractivity contribution in [1.29, 1.82) is 0 Å². The highest BCUT2D eigenvalue weighted by atomic mass is 16.6. The molecule has 0 heterocycles. The van der Waals surface area contributed by atoms with E-state index in [2.05, 4.69) is 16.6 Å². The predicted molar refractivity (Wildman–Crippen MR) is 74.2 cm³/mol. The molecule has 0 saturated carbocycles. The maximum Gasteiger partial charge on any atom is 0.408 e. The maximum absolute atomic E-state index is 11.9. The fourth-order valence-corrected chi connectivity index (χ4v) is 1.41. The summed E-state index contributed by atoms with van der Waals surface area (Å²) in [7, 11) is 1.27. The van der Waals surface area contributed by atoms with Gasteiger partial charge < -0.3 is 14.8 Å². The smallest absolute Gasteiger partial charge is 0.408 e. The number of ketones is 1. The molecule has 0 spiro atoms. The summed E-state index contributed by atoms with van der Waals surface area (Å²) in [6.07, 6.45) is 1.08. The summed E-state index contributed by atoms with van der Waals surface area (Å²) in [4.78, 5) is 34.6. The number of ether oxygens (including phenoxy) is 2. The van der Waals surface area contributed by atoms with Gasteiger partial charge in [-0.3, -0.25) is 9.59 Å². The summed E-state index contributed by atoms with van der Waals surface area (Å²) in [6.45, 7) is 8.65. The van der Waals surface area contributed by atoms with E-state index in [0.717, 1.165) is 0 Å². The van der Waals surface area contributed by atoms with Crippen LogP contribution < -0.4 is 5.32 Å². The van der Waals surface area contributed by atoms with E-state index >= 15 is 0 Å². The largest absolute Gasteiger partial charge is 0.469 e. The SMILES string of the molecule is C=CCC(=O)[C@@H](CCC(=O)OC)NC(=O)OC(C)(C)C. The van der Waals surface area contributed by atoms with Crippen molar-refractivity contribution in [3.8, 4) is 0 Å². The van der Waals surface area contributed by atoms with Gasteiger partial charge in [-0.1, -0.05) is 6.08 Å². The molecule has 0 aliphatic heterocycles. The average Bonchev–Trinajstić information content (AvgIpc) is 2.31. The van der Waals surface area contributed by atoms with E-state index < -0.39 is 23.7 Å². The van der Waals surface area contributed by atoms with Crippen molar-refractivity contribution in [3.63, 3.8) is 0 Å². The van der Waals surface area contributed by atoms with Crippen LogP contribution in [0.15, 0.2) is 12.7 Å². The van der Waals surface area contributed by atoms with Crippen LogP contribution in [-0.4, -0.2) is 36.6 Å². The van der Waals surface area contributed by atoms with Crippen molar-refractivity contribution in [3.05, 3.63) is 12.7 Å². The molecule has 1 atom stereocenters. The Kier molecular flexibility index (Phi) is 7.57. The van der Waals surface area contributed by atoms with Crippen LogP contribution in [0.4, 0.5) is 4.79 Å². The Morgan fingerprint density at radius 3 is 2.35 bits per heavy atom. The quantitative estimate of drug-likeness (QED) is 0.571. The third-order valence-electron chi connectivity index (χ3n) is 2.29. The van der Waals surface area contributed by atoms with Crippen LogP contribution in [0.2, 0.25) is 0 Å². The number of methoxy groups -OCH3 is 1. The maximum atomic E-state index is 11.9. The Labute approximate surface area is 119 Å². The first-order valence-electron chi connectivity index (χ1n) is 6.39. The van der Waals surface area contributed by atoms with Gasteiger partial charge in [0.05, 0.1) is 13.2 Å². The van der Waals surface area contributed by atoms with Crippen molar-refractivity contribution < 1.29 is 23.9 Å². The van der Waals surface area contributed by atoms with Gasteiger partial charge in [0, 0.05) is 12.8 Å². The van der Waals surface area contributed by atoms with Crippen molar-refractivity contribution >= 4 is 17.8 Å². The van der Waals surface area contributed by atoms with Crippen molar-refractivity contribution in [2.45, 2.75) is 51.7 Å². The minimum Gasteiger partial charge on any atom is -0.469 e. The topological polar surface area (TPSA) is 81.7 Å². The number of carbonyl (C=O) groups is 3. The molecular weight excluding hydrogens is 262 g/mol. The van der Waals surface area contributed by atoms with E-state index in [0.29, 0.717) is 0 Å². The Balaban J connectivity index is 4.60. The summed E-state index contributed by atoms with van der Waals surface area (Å²) in [5, 5.41) is 2.47. The Bertz CT molecular complexity index is 370. The van der Waals surface area contributed by atoms with Gasteiger partial charge >= 0.3 is 12.1 Å². The lowest BCUT2D eigenvalue weighted by molar-refractivity contribution is -0.140. The summed E-state index contributed by atoms with van der Waals surface area (Å²) in [6, 6.07) is -0.790. The standard InChI is InChI=1S/C14H23NO5/c1-6-7-11(16)10(8-9-12(17)19-5)15-13(18)20-14(2,3)4/h6,10H,1,7-9H2,2-5H3,(H,15,18)/t10-/m1/s1. The number of Topliss-reactive ketones (excluding diaryl/α,β-unsaturated/α-hetero) is 1. The molecule has 0 rings (SSSR count). The van der Waals surface area contributed by atoms with Crippen LogP contribution in [0.5, 0.6) is 0 Å². The number of hydrogen-bond donors (Lipinski definition) is 1. The second kappa shape index (κ2) is 8.35. The number of carbonyl (C=O) groups excluding carboxylic acids is 3. The summed E-state index contributed by atoms with van der Waals surface area (Å²) < 4.78 is 9.60. The molecular formula is C14H23NO5. The molecule has 0 aliphatic rings. The van der Waals surface area contributed by atoms with Gasteiger partial charge in [-0.15, -0.1) is 6.58 Å². The highest BCUT2D eigenvalue weighted by molar-refractivity contribution is 5.88. The second-order valence-corrected chi connectivity index (χ2v) is 5.27. The molecule has 0 aromatic rings. The minimum absolute atomic E-state index is 0.0415. The number of hydrogen-bond acceptors (Lipinski definition) is 5. The monoisotopic (exact) mass is 285 g/mol. The summed E-state index contributed by atoms with van der Waals surface area (Å²) >= 11 is 0. The Hall–Kier alpha value is -1.85. The third-order valence-corrected chi connectivity index (χ3v) is 2.29. The van der Waals surface area contributed by atoms with E-state index in [1.54, 1.807) is 20.8 Å². The number of amides is 1. The van der Waals surface area contributed by atoms with E-state index in [9.17, 15) is 14.4 Å². The van der Waals surface area contributed by atoms with Crippen LogP contribution in [0.1, 0.15) is 40.0 Å². The first-order valence-corrected chi connectivity index (χ1v) is 6.39. The molecule has 0 saturated heterocycles. The van der Waals surface area contributed by atoms with Gasteiger partial charge in [-0.05, 0) is 27.2 Å². The Morgan fingerprint density at radius 1 is 1.30 bits per heavy atom. The zero-order valence-corrected chi connectivity index (χ0v) is 12.5. The zero-order valence-electron chi connectivity index (χ0n) is 12.5. The number of rotatable bonds is 7. The molecule has 0 unspecified atom stereocenters. The van der Waals surface area contributed by atoms with E-state index in [-0.39, 0.29) is 25.0 Å². The summed E-state index contributed by atoms with van der Waals surface area (Å²) in [5.74, 6) is -0.665. The molecule has 1 amide bonds. The molecule has 0 aliphatic carbocycles. The van der Waals surface area contributed by atoms with Crippen LogP contribution in [0, 0.1) is 0 Å². The molecule has 6 nitrogen and oxygen atoms in total. The van der Waals surface area contributed by atoms with Gasteiger partial charge in [0.15, 0.2) is 5.78 Å². The molecule has 0 fully saturated rings. The third kappa shape index (κ3) is 8.29. The van der Waals surface area contributed by atoms with Crippen molar-refractivity contribution in [2.24, 2.45) is 0 Å². The summed E-state index contributed by atoms with van der Waals surface area (Å²) in [5.41, 5.74) is -0.654. The van der Waals surface area contributed by atoms with Gasteiger partial charge in [-0.25, -0.2) is 4.79 Å². The fraction of sp³-hybridized carbons (Fsp3) is 0.643. The fourth-order valence-electron chi connectivity index (χ4n) is 1.41. The van der Waals surface area contributed by atoms with Crippen molar-refractivity contribution in [1.82, 2.24) is 5.32 Å². The lowest BCUT2D eigenvalue weighted by Crippen LogP contribution is -2.43. The lowest BCUT2D eigenvalue weighted by Gasteiger charge is -2.22. The van der Waals surface area contributed by atoms with Crippen LogP contribution in [0.25, 0.3) is 0 Å². The molecule has 0 bridgehead atoms. The number of nitrogens with one attached hydrogen (secondary N) is 1. The Morgan fingerprint density at radius 2 is 1.90 bits per heavy atom. The van der Waals surface area contributed by atoms with Gasteiger partial charge in [0.25, 0.3) is 0 Å². The van der Waals surface area contributed by atoms with Crippen LogP contribution >= 0.6 is 0 Å². The zero-order chi connectivity index (χ0) is 15.8. The molecule has 114 valence electrons. The highest BCUT2D eigenvalue weighted by Gasteiger charge is 2.24. The van der Waals surface area contributed by atoms with Gasteiger partial charge in [0.2, 0.25) is 0 Å². The average molecular weight is 285 g/mol. The minimum atomic E-state index is -0.790. The van der Waals surface area contributed by atoms with E-state index in [4.69, 9.17) is 4.74 Å². The van der Waals surface area contributed by atoms with Gasteiger partial charge in [-0.2, -0.15) is 0 Å². The highest BCUT2D eigenvalue weighted by Crippen LogP contribution is 2.09. The van der Waals surface area contributed by atoms with E-state index in [1.165, 1.54) is 13.2 Å². The molecule has 0 radical (unpaired) electrons. The number of allylic oxidation sites excluding steroid dienone is 1.